The molecule has 1 N–H and O–H groups in total. The third kappa shape index (κ3) is 5.08. The fraction of sp³-hybridized carbons (Fsp3) is 0.600. The fourth-order valence-corrected chi connectivity index (χ4v) is 5.50. The van der Waals surface area contributed by atoms with E-state index in [9.17, 15) is 9.59 Å². The Morgan fingerprint density at radius 3 is 2.81 bits per heavy atom. The first-order valence-corrected chi connectivity index (χ1v) is 12.0. The predicted octanol–water partition coefficient (Wildman–Crippen LogP) is 4.79. The van der Waals surface area contributed by atoms with Crippen molar-refractivity contribution in [2.45, 2.75) is 77.0 Å². The summed E-state index contributed by atoms with van der Waals surface area (Å²) in [5, 5.41) is 3.84. The van der Waals surface area contributed by atoms with Crippen LogP contribution in [0.1, 0.15) is 64.4 Å². The summed E-state index contributed by atoms with van der Waals surface area (Å²) < 4.78 is 6.13. The van der Waals surface area contributed by atoms with Crippen LogP contribution < -0.4 is 5.32 Å². The van der Waals surface area contributed by atoms with Gasteiger partial charge in [0.2, 0.25) is 5.91 Å². The third-order valence-electron chi connectivity index (χ3n) is 7.33. The normalized spacial score (nSPS) is 32.4. The van der Waals surface area contributed by atoms with E-state index < -0.39 is 0 Å². The lowest BCUT2D eigenvalue weighted by Crippen LogP contribution is -2.58. The molecule has 0 bridgehead atoms. The number of hydrogen-bond acceptors (Lipinski definition) is 3. The number of carbonyl (C=O) groups excluding carboxylic acids is 2. The molecular formula is C25H33ClN2O3. The van der Waals surface area contributed by atoms with Crippen LogP contribution in [-0.4, -0.2) is 41.4 Å². The number of nitrogens with one attached hydrogen (secondary N) is 1. The first-order valence-electron chi connectivity index (χ1n) is 11.7. The van der Waals surface area contributed by atoms with Crippen LogP contribution in [0.2, 0.25) is 5.02 Å². The summed E-state index contributed by atoms with van der Waals surface area (Å²) in [6, 6.07) is 7.51. The van der Waals surface area contributed by atoms with Crippen LogP contribution in [0.25, 0.3) is 6.08 Å². The van der Waals surface area contributed by atoms with E-state index in [2.05, 4.69) is 19.2 Å². The van der Waals surface area contributed by atoms with Gasteiger partial charge in [-0.2, -0.15) is 0 Å². The SMILES string of the molecule is CC1CCCC(NC(=O)CN2C(=O)/C(=C\c3cccc(Cl)c3)OC3CCCCC32)C1C. The average molecular weight is 445 g/mol. The number of morpholine rings is 1. The smallest absolute Gasteiger partial charge is 0.289 e. The number of amides is 2. The Morgan fingerprint density at radius 2 is 2.00 bits per heavy atom. The van der Waals surface area contributed by atoms with Gasteiger partial charge in [0.1, 0.15) is 12.6 Å². The Bertz CT molecular complexity index is 855. The molecule has 2 aliphatic carbocycles. The van der Waals surface area contributed by atoms with Crippen molar-refractivity contribution in [2.24, 2.45) is 11.8 Å². The van der Waals surface area contributed by atoms with Gasteiger partial charge in [0, 0.05) is 11.1 Å². The van der Waals surface area contributed by atoms with Crippen molar-refractivity contribution in [3.63, 3.8) is 0 Å². The molecule has 3 fully saturated rings. The van der Waals surface area contributed by atoms with Crippen molar-refractivity contribution in [1.82, 2.24) is 10.2 Å². The van der Waals surface area contributed by atoms with Gasteiger partial charge in [0.15, 0.2) is 5.76 Å². The van der Waals surface area contributed by atoms with E-state index in [1.54, 1.807) is 23.1 Å². The lowest BCUT2D eigenvalue weighted by molar-refractivity contribution is -0.152. The molecule has 4 rings (SSSR count). The van der Waals surface area contributed by atoms with E-state index in [0.717, 1.165) is 44.1 Å². The van der Waals surface area contributed by atoms with E-state index in [4.69, 9.17) is 16.3 Å². The molecule has 168 valence electrons. The molecule has 3 aliphatic rings. The van der Waals surface area contributed by atoms with Gasteiger partial charge in [0.05, 0.1) is 6.04 Å². The number of benzene rings is 1. The number of hydrogen-bond donors (Lipinski definition) is 1. The van der Waals surface area contributed by atoms with E-state index in [1.165, 1.54) is 6.42 Å². The van der Waals surface area contributed by atoms with Crippen molar-refractivity contribution in [1.29, 1.82) is 0 Å². The summed E-state index contributed by atoms with van der Waals surface area (Å²) in [5.74, 6) is 1.10. The minimum absolute atomic E-state index is 0.0359. The van der Waals surface area contributed by atoms with Crippen LogP contribution in [0.4, 0.5) is 0 Å². The third-order valence-corrected chi connectivity index (χ3v) is 7.57. The Balaban J connectivity index is 1.51. The molecule has 1 aromatic carbocycles. The minimum atomic E-state index is -0.205. The van der Waals surface area contributed by atoms with Crippen LogP contribution in [-0.2, 0) is 14.3 Å². The fourth-order valence-electron chi connectivity index (χ4n) is 5.30. The highest BCUT2D eigenvalue weighted by atomic mass is 35.5. The molecule has 31 heavy (non-hydrogen) atoms. The predicted molar refractivity (Wildman–Crippen MR) is 122 cm³/mol. The molecule has 5 unspecified atom stereocenters. The van der Waals surface area contributed by atoms with Crippen LogP contribution in [0.3, 0.4) is 0 Å². The van der Waals surface area contributed by atoms with E-state index >= 15 is 0 Å². The zero-order valence-corrected chi connectivity index (χ0v) is 19.2. The zero-order valence-electron chi connectivity index (χ0n) is 18.5. The van der Waals surface area contributed by atoms with Crippen molar-refractivity contribution < 1.29 is 14.3 Å². The second-order valence-corrected chi connectivity index (χ2v) is 9.88. The quantitative estimate of drug-likeness (QED) is 0.679. The van der Waals surface area contributed by atoms with E-state index in [1.807, 2.05) is 12.1 Å². The summed E-state index contributed by atoms with van der Waals surface area (Å²) in [5.41, 5.74) is 0.819. The second-order valence-electron chi connectivity index (χ2n) is 9.45. The Labute approximate surface area is 190 Å². The van der Waals surface area contributed by atoms with Crippen LogP contribution in [0, 0.1) is 11.8 Å². The molecule has 0 radical (unpaired) electrons. The first-order chi connectivity index (χ1) is 14.9. The molecule has 0 spiro atoms. The maximum absolute atomic E-state index is 13.3. The zero-order chi connectivity index (χ0) is 22.0. The van der Waals surface area contributed by atoms with E-state index in [-0.39, 0.29) is 36.5 Å². The Kier molecular flexibility index (Phi) is 6.90. The number of fused-ring (bicyclic) bond motifs is 1. The monoisotopic (exact) mass is 444 g/mol. The van der Waals surface area contributed by atoms with Gasteiger partial charge < -0.3 is 15.0 Å². The molecule has 0 aromatic heterocycles. The molecule has 1 aromatic rings. The summed E-state index contributed by atoms with van der Waals surface area (Å²) in [4.78, 5) is 28.1. The molecule has 1 aliphatic heterocycles. The van der Waals surface area contributed by atoms with Crippen LogP contribution in [0.15, 0.2) is 30.0 Å². The molecule has 5 nitrogen and oxygen atoms in total. The number of rotatable bonds is 4. The minimum Gasteiger partial charge on any atom is -0.482 e. The largest absolute Gasteiger partial charge is 0.482 e. The summed E-state index contributed by atoms with van der Waals surface area (Å²) >= 11 is 6.10. The van der Waals surface area contributed by atoms with Gasteiger partial charge in [-0.1, -0.05) is 56.8 Å². The molecule has 6 heteroatoms. The van der Waals surface area contributed by atoms with Crippen LogP contribution >= 0.6 is 11.6 Å². The van der Waals surface area contributed by atoms with Crippen molar-refractivity contribution >= 4 is 29.5 Å². The summed E-state index contributed by atoms with van der Waals surface area (Å²) in [6.07, 6.45) is 8.98. The lowest BCUT2D eigenvalue weighted by Gasteiger charge is -2.44. The topological polar surface area (TPSA) is 58.6 Å². The highest BCUT2D eigenvalue weighted by molar-refractivity contribution is 6.30. The second kappa shape index (κ2) is 9.64. The summed E-state index contributed by atoms with van der Waals surface area (Å²) in [7, 11) is 0. The van der Waals surface area contributed by atoms with Crippen LogP contribution in [0.5, 0.6) is 0 Å². The Hall–Kier alpha value is -2.01. The number of nitrogens with zero attached hydrogens (tertiary/aromatic N) is 1. The molecular weight excluding hydrogens is 412 g/mol. The maximum atomic E-state index is 13.3. The van der Waals surface area contributed by atoms with Gasteiger partial charge in [0.25, 0.3) is 5.91 Å². The number of carbonyl (C=O) groups is 2. The number of ether oxygens (including phenoxy) is 1. The van der Waals surface area contributed by atoms with Gasteiger partial charge in [-0.25, -0.2) is 0 Å². The Morgan fingerprint density at radius 1 is 1.19 bits per heavy atom. The van der Waals surface area contributed by atoms with Gasteiger partial charge >= 0.3 is 0 Å². The van der Waals surface area contributed by atoms with Crippen molar-refractivity contribution in [3.8, 4) is 0 Å². The number of halogens is 1. The average Bonchev–Trinajstić information content (AvgIpc) is 2.74. The highest BCUT2D eigenvalue weighted by Crippen LogP contribution is 2.34. The highest BCUT2D eigenvalue weighted by Gasteiger charge is 2.42. The van der Waals surface area contributed by atoms with Gasteiger partial charge in [-0.3, -0.25) is 9.59 Å². The lowest BCUT2D eigenvalue weighted by atomic mass is 9.78. The van der Waals surface area contributed by atoms with Gasteiger partial charge in [-0.15, -0.1) is 0 Å². The standard InChI is InChI=1S/C25H33ClN2O3/c1-16-7-5-10-20(17(16)2)27-24(29)15-28-21-11-3-4-12-22(21)31-23(25(28)30)14-18-8-6-9-19(26)13-18/h6,8-9,13-14,16-17,20-22H,3-5,7,10-12,15H2,1-2H3,(H,27,29)/b23-14+. The molecule has 1 heterocycles. The first kappa shape index (κ1) is 22.2. The van der Waals surface area contributed by atoms with Gasteiger partial charge in [-0.05, 0) is 61.3 Å². The summed E-state index contributed by atoms with van der Waals surface area (Å²) in [6.45, 7) is 4.57. The molecule has 2 saturated carbocycles. The van der Waals surface area contributed by atoms with Crippen molar-refractivity contribution in [2.75, 3.05) is 6.54 Å². The maximum Gasteiger partial charge on any atom is 0.289 e. The molecule has 2 amide bonds. The molecule has 5 atom stereocenters. The van der Waals surface area contributed by atoms with Crippen molar-refractivity contribution in [3.05, 3.63) is 40.6 Å². The molecule has 1 saturated heterocycles. The van der Waals surface area contributed by atoms with E-state index in [0.29, 0.717) is 22.6 Å².